The van der Waals surface area contributed by atoms with Gasteiger partial charge in [0.2, 0.25) is 0 Å². The first kappa shape index (κ1) is 12.5. The average molecular weight is 239 g/mol. The van der Waals surface area contributed by atoms with Gasteiger partial charge in [0, 0.05) is 23.9 Å². The van der Waals surface area contributed by atoms with E-state index in [9.17, 15) is 4.79 Å². The van der Waals surface area contributed by atoms with E-state index in [-0.39, 0.29) is 5.78 Å². The van der Waals surface area contributed by atoms with Crippen molar-refractivity contribution in [2.75, 3.05) is 0 Å². The van der Waals surface area contributed by atoms with Crippen LogP contribution in [-0.2, 0) is 6.42 Å². The fourth-order valence-corrected chi connectivity index (χ4v) is 2.09. The molecule has 2 rings (SSSR count). The number of hydrogen-bond acceptors (Lipinski definition) is 2. The second kappa shape index (κ2) is 5.13. The van der Waals surface area contributed by atoms with Crippen molar-refractivity contribution in [1.82, 2.24) is 4.98 Å². The van der Waals surface area contributed by atoms with Gasteiger partial charge in [0.1, 0.15) is 0 Å². The predicted molar refractivity (Wildman–Crippen MR) is 72.9 cm³/mol. The van der Waals surface area contributed by atoms with Crippen LogP contribution in [0.3, 0.4) is 0 Å². The maximum absolute atomic E-state index is 12.1. The third-order valence-corrected chi connectivity index (χ3v) is 2.88. The standard InChI is InChI=1S/C16H17NO/c1-11-6-12(2)8-14(7-11)9-16(18)15-5-4-13(3)17-10-15/h4-8,10H,9H2,1-3H3. The van der Waals surface area contributed by atoms with Crippen molar-refractivity contribution >= 4 is 5.78 Å². The highest BCUT2D eigenvalue weighted by atomic mass is 16.1. The van der Waals surface area contributed by atoms with E-state index in [0.29, 0.717) is 12.0 Å². The van der Waals surface area contributed by atoms with E-state index < -0.39 is 0 Å². The number of carbonyl (C=O) groups excluding carboxylic acids is 1. The molecule has 0 amide bonds. The third kappa shape index (κ3) is 3.04. The van der Waals surface area contributed by atoms with Gasteiger partial charge in [-0.05, 0) is 38.5 Å². The topological polar surface area (TPSA) is 30.0 Å². The Morgan fingerprint density at radius 1 is 1.06 bits per heavy atom. The zero-order valence-electron chi connectivity index (χ0n) is 11.0. The molecule has 0 radical (unpaired) electrons. The van der Waals surface area contributed by atoms with Crippen molar-refractivity contribution in [3.8, 4) is 0 Å². The summed E-state index contributed by atoms with van der Waals surface area (Å²) in [6, 6.07) is 9.95. The number of pyridine rings is 1. The van der Waals surface area contributed by atoms with E-state index >= 15 is 0 Å². The minimum Gasteiger partial charge on any atom is -0.294 e. The highest BCUT2D eigenvalue weighted by Crippen LogP contribution is 2.12. The number of nitrogens with zero attached hydrogens (tertiary/aromatic N) is 1. The Hall–Kier alpha value is -1.96. The van der Waals surface area contributed by atoms with Gasteiger partial charge in [0.15, 0.2) is 5.78 Å². The van der Waals surface area contributed by atoms with Gasteiger partial charge in [0.25, 0.3) is 0 Å². The van der Waals surface area contributed by atoms with Gasteiger partial charge in [0.05, 0.1) is 0 Å². The fourth-order valence-electron chi connectivity index (χ4n) is 2.09. The maximum atomic E-state index is 12.1. The van der Waals surface area contributed by atoms with E-state index in [2.05, 4.69) is 37.0 Å². The van der Waals surface area contributed by atoms with Gasteiger partial charge in [-0.1, -0.05) is 29.3 Å². The predicted octanol–water partition coefficient (Wildman–Crippen LogP) is 3.43. The Morgan fingerprint density at radius 3 is 2.28 bits per heavy atom. The molecule has 1 aromatic heterocycles. The summed E-state index contributed by atoms with van der Waals surface area (Å²) < 4.78 is 0. The number of carbonyl (C=O) groups is 1. The lowest BCUT2D eigenvalue weighted by Gasteiger charge is -2.05. The molecule has 2 nitrogen and oxygen atoms in total. The number of rotatable bonds is 3. The van der Waals surface area contributed by atoms with E-state index in [1.807, 2.05) is 19.1 Å². The summed E-state index contributed by atoms with van der Waals surface area (Å²) >= 11 is 0. The normalized spacial score (nSPS) is 10.4. The van der Waals surface area contributed by atoms with Crippen LogP contribution >= 0.6 is 0 Å². The fraction of sp³-hybridized carbons (Fsp3) is 0.250. The summed E-state index contributed by atoms with van der Waals surface area (Å²) in [6.07, 6.45) is 2.09. The number of benzene rings is 1. The molecule has 0 N–H and O–H groups in total. The molecule has 0 atom stereocenters. The lowest BCUT2D eigenvalue weighted by atomic mass is 10.0. The molecule has 92 valence electrons. The van der Waals surface area contributed by atoms with Crippen LogP contribution in [-0.4, -0.2) is 10.8 Å². The first-order chi connectivity index (χ1) is 8.54. The Bertz CT molecular complexity index is 550. The molecule has 1 heterocycles. The van der Waals surface area contributed by atoms with Gasteiger partial charge in [-0.25, -0.2) is 0 Å². The minimum absolute atomic E-state index is 0.118. The minimum atomic E-state index is 0.118. The zero-order valence-corrected chi connectivity index (χ0v) is 11.0. The van der Waals surface area contributed by atoms with Gasteiger partial charge in [-0.15, -0.1) is 0 Å². The molecule has 0 aliphatic rings. The molecular weight excluding hydrogens is 222 g/mol. The van der Waals surface area contributed by atoms with E-state index in [1.54, 1.807) is 6.20 Å². The molecule has 18 heavy (non-hydrogen) atoms. The van der Waals surface area contributed by atoms with Crippen LogP contribution in [0.2, 0.25) is 0 Å². The van der Waals surface area contributed by atoms with E-state index in [1.165, 1.54) is 11.1 Å². The molecule has 0 unspecified atom stereocenters. The molecular formula is C16H17NO. The van der Waals surface area contributed by atoms with E-state index in [4.69, 9.17) is 0 Å². The Balaban J connectivity index is 2.18. The van der Waals surface area contributed by atoms with Gasteiger partial charge in [-0.3, -0.25) is 9.78 Å². The lowest BCUT2D eigenvalue weighted by Crippen LogP contribution is -2.04. The van der Waals surface area contributed by atoms with Crippen LogP contribution < -0.4 is 0 Å². The third-order valence-electron chi connectivity index (χ3n) is 2.88. The number of aryl methyl sites for hydroxylation is 3. The molecule has 0 bridgehead atoms. The Kier molecular flexibility index (Phi) is 3.56. The number of Topliss-reactive ketones (excluding diaryl/α,β-unsaturated/α-hetero) is 1. The quantitative estimate of drug-likeness (QED) is 0.768. The van der Waals surface area contributed by atoms with Crippen molar-refractivity contribution < 1.29 is 4.79 Å². The largest absolute Gasteiger partial charge is 0.294 e. The van der Waals surface area contributed by atoms with Gasteiger partial charge < -0.3 is 0 Å². The van der Waals surface area contributed by atoms with Crippen molar-refractivity contribution in [3.05, 3.63) is 64.5 Å². The van der Waals surface area contributed by atoms with Crippen LogP contribution in [0.4, 0.5) is 0 Å². The smallest absolute Gasteiger partial charge is 0.168 e. The van der Waals surface area contributed by atoms with E-state index in [0.717, 1.165) is 11.3 Å². The number of aromatic nitrogens is 1. The molecule has 2 aromatic rings. The summed E-state index contributed by atoms with van der Waals surface area (Å²) in [5.74, 6) is 0.118. The first-order valence-corrected chi connectivity index (χ1v) is 6.07. The molecule has 0 saturated heterocycles. The highest BCUT2D eigenvalue weighted by Gasteiger charge is 2.08. The average Bonchev–Trinajstić information content (AvgIpc) is 2.28. The Labute approximate surface area is 108 Å². The first-order valence-electron chi connectivity index (χ1n) is 6.07. The molecule has 0 aliphatic heterocycles. The molecule has 1 aromatic carbocycles. The second-order valence-electron chi connectivity index (χ2n) is 4.78. The van der Waals surface area contributed by atoms with Gasteiger partial charge >= 0.3 is 0 Å². The molecule has 0 aliphatic carbocycles. The zero-order chi connectivity index (χ0) is 13.1. The van der Waals surface area contributed by atoms with Crippen LogP contribution in [0, 0.1) is 20.8 Å². The molecule has 0 saturated carbocycles. The van der Waals surface area contributed by atoms with Gasteiger partial charge in [-0.2, -0.15) is 0 Å². The molecule has 0 spiro atoms. The van der Waals surface area contributed by atoms with Crippen LogP contribution in [0.5, 0.6) is 0 Å². The summed E-state index contributed by atoms with van der Waals surface area (Å²) in [5.41, 5.74) is 5.07. The SMILES string of the molecule is Cc1cc(C)cc(CC(=O)c2ccc(C)nc2)c1. The summed E-state index contributed by atoms with van der Waals surface area (Å²) in [6.45, 7) is 6.01. The second-order valence-corrected chi connectivity index (χ2v) is 4.78. The lowest BCUT2D eigenvalue weighted by molar-refractivity contribution is 0.0992. The van der Waals surface area contributed by atoms with Crippen molar-refractivity contribution in [3.63, 3.8) is 0 Å². The summed E-state index contributed by atoms with van der Waals surface area (Å²) in [7, 11) is 0. The van der Waals surface area contributed by atoms with Crippen LogP contribution in [0.25, 0.3) is 0 Å². The van der Waals surface area contributed by atoms with Crippen LogP contribution in [0.15, 0.2) is 36.5 Å². The number of hydrogen-bond donors (Lipinski definition) is 0. The molecule has 2 heteroatoms. The monoisotopic (exact) mass is 239 g/mol. The van der Waals surface area contributed by atoms with Crippen LogP contribution in [0.1, 0.15) is 32.7 Å². The Morgan fingerprint density at radius 2 is 1.72 bits per heavy atom. The van der Waals surface area contributed by atoms with Crippen molar-refractivity contribution in [2.45, 2.75) is 27.2 Å². The maximum Gasteiger partial charge on any atom is 0.168 e. The number of ketones is 1. The molecule has 0 fully saturated rings. The summed E-state index contributed by atoms with van der Waals surface area (Å²) in [4.78, 5) is 16.3. The van der Waals surface area contributed by atoms with Crippen molar-refractivity contribution in [1.29, 1.82) is 0 Å². The van der Waals surface area contributed by atoms with Crippen molar-refractivity contribution in [2.24, 2.45) is 0 Å². The highest BCUT2D eigenvalue weighted by molar-refractivity contribution is 5.97. The summed E-state index contributed by atoms with van der Waals surface area (Å²) in [5, 5.41) is 0.